The molecule has 2 fully saturated rings. The molecule has 0 saturated carbocycles. The van der Waals surface area contributed by atoms with Crippen molar-refractivity contribution in [1.82, 2.24) is 4.90 Å². The van der Waals surface area contributed by atoms with Crippen LogP contribution in [0.2, 0.25) is 0 Å². The summed E-state index contributed by atoms with van der Waals surface area (Å²) in [5.41, 5.74) is 1.97. The lowest BCUT2D eigenvalue weighted by Gasteiger charge is -2.42. The van der Waals surface area contributed by atoms with E-state index in [1.807, 2.05) is 30.3 Å². The van der Waals surface area contributed by atoms with E-state index in [2.05, 4.69) is 42.3 Å². The fourth-order valence-electron chi connectivity index (χ4n) is 4.60. The number of rotatable bonds is 4. The van der Waals surface area contributed by atoms with Crippen molar-refractivity contribution in [2.75, 3.05) is 7.05 Å². The minimum atomic E-state index is -0.187. The van der Waals surface area contributed by atoms with Gasteiger partial charge in [0.1, 0.15) is 6.10 Å². The number of nitrogens with zero attached hydrogens (tertiary/aromatic N) is 1. The Morgan fingerprint density at radius 3 is 2.44 bits per heavy atom. The molecule has 2 aromatic carbocycles. The van der Waals surface area contributed by atoms with Crippen molar-refractivity contribution < 1.29 is 9.53 Å². The fourth-order valence-corrected chi connectivity index (χ4v) is 4.60. The van der Waals surface area contributed by atoms with Crippen molar-refractivity contribution in [2.45, 2.75) is 43.9 Å². The summed E-state index contributed by atoms with van der Waals surface area (Å²) >= 11 is 0. The lowest BCUT2D eigenvalue weighted by molar-refractivity contribution is -0.0339. The van der Waals surface area contributed by atoms with Crippen LogP contribution in [0.5, 0.6) is 0 Å². The topological polar surface area (TPSA) is 29.5 Å². The maximum Gasteiger partial charge on any atom is 0.338 e. The van der Waals surface area contributed by atoms with Crippen molar-refractivity contribution >= 4 is 5.97 Å². The van der Waals surface area contributed by atoms with E-state index >= 15 is 0 Å². The van der Waals surface area contributed by atoms with Crippen molar-refractivity contribution in [1.29, 1.82) is 0 Å². The SMILES string of the molecule is CN1[C@H]2CC[C@@H]1[C@@H](Cc1ccccc1)[C@H](OC(=O)c1ccccc1)C2. The molecule has 2 heterocycles. The third-order valence-electron chi connectivity index (χ3n) is 5.95. The number of carbonyl (C=O) groups is 1. The molecule has 2 aliphatic rings. The third-order valence-corrected chi connectivity index (χ3v) is 5.95. The lowest BCUT2D eigenvalue weighted by Crippen LogP contribution is -2.51. The van der Waals surface area contributed by atoms with Crippen LogP contribution in [-0.4, -0.2) is 36.1 Å². The highest BCUT2D eigenvalue weighted by atomic mass is 16.5. The summed E-state index contributed by atoms with van der Waals surface area (Å²) in [4.78, 5) is 15.1. The van der Waals surface area contributed by atoms with E-state index in [9.17, 15) is 4.79 Å². The number of esters is 1. The van der Waals surface area contributed by atoms with Gasteiger partial charge in [-0.25, -0.2) is 4.79 Å². The molecule has 25 heavy (non-hydrogen) atoms. The third kappa shape index (κ3) is 3.34. The van der Waals surface area contributed by atoms with Crippen molar-refractivity contribution in [3.8, 4) is 0 Å². The highest BCUT2D eigenvalue weighted by Gasteiger charge is 2.46. The molecule has 130 valence electrons. The molecule has 2 aromatic rings. The second-order valence-corrected chi connectivity index (χ2v) is 7.36. The zero-order valence-corrected chi connectivity index (χ0v) is 14.7. The van der Waals surface area contributed by atoms with Gasteiger partial charge >= 0.3 is 5.97 Å². The number of piperidine rings is 1. The molecular formula is C22H25NO2. The van der Waals surface area contributed by atoms with Gasteiger partial charge in [0, 0.05) is 24.4 Å². The maximum atomic E-state index is 12.6. The van der Waals surface area contributed by atoms with Crippen LogP contribution >= 0.6 is 0 Å². The monoisotopic (exact) mass is 335 g/mol. The number of hydrogen-bond acceptors (Lipinski definition) is 3. The minimum absolute atomic E-state index is 0.00149. The van der Waals surface area contributed by atoms with Gasteiger partial charge in [-0.1, -0.05) is 48.5 Å². The molecular weight excluding hydrogens is 310 g/mol. The van der Waals surface area contributed by atoms with E-state index in [4.69, 9.17) is 4.74 Å². The van der Waals surface area contributed by atoms with E-state index in [0.29, 0.717) is 23.6 Å². The Bertz CT molecular complexity index is 715. The summed E-state index contributed by atoms with van der Waals surface area (Å²) in [6, 6.07) is 21.0. The van der Waals surface area contributed by atoms with Crippen LogP contribution in [0.3, 0.4) is 0 Å². The second-order valence-electron chi connectivity index (χ2n) is 7.36. The van der Waals surface area contributed by atoms with Crippen LogP contribution in [-0.2, 0) is 11.2 Å². The molecule has 0 N–H and O–H groups in total. The molecule has 0 radical (unpaired) electrons. The Labute approximate surface area is 149 Å². The van der Waals surface area contributed by atoms with Gasteiger partial charge < -0.3 is 4.74 Å². The van der Waals surface area contributed by atoms with Crippen LogP contribution in [0.1, 0.15) is 35.2 Å². The molecule has 0 spiro atoms. The summed E-state index contributed by atoms with van der Waals surface area (Å²) in [6.07, 6.45) is 4.34. The first kappa shape index (κ1) is 16.3. The summed E-state index contributed by atoms with van der Waals surface area (Å²) in [6.45, 7) is 0. The number of fused-ring (bicyclic) bond motifs is 2. The average molecular weight is 335 g/mol. The molecule has 0 aromatic heterocycles. The summed E-state index contributed by atoms with van der Waals surface area (Å²) < 4.78 is 6.03. The minimum Gasteiger partial charge on any atom is -0.458 e. The van der Waals surface area contributed by atoms with Gasteiger partial charge in [-0.05, 0) is 44.0 Å². The largest absolute Gasteiger partial charge is 0.458 e. The first-order chi connectivity index (χ1) is 12.2. The van der Waals surface area contributed by atoms with Crippen molar-refractivity contribution in [3.63, 3.8) is 0 Å². The van der Waals surface area contributed by atoms with Crippen LogP contribution in [0.25, 0.3) is 0 Å². The molecule has 4 atom stereocenters. The van der Waals surface area contributed by atoms with Crippen LogP contribution in [0.4, 0.5) is 0 Å². The van der Waals surface area contributed by atoms with Gasteiger partial charge in [0.25, 0.3) is 0 Å². The van der Waals surface area contributed by atoms with Gasteiger partial charge in [-0.2, -0.15) is 0 Å². The van der Waals surface area contributed by atoms with Gasteiger partial charge in [0.05, 0.1) is 5.56 Å². The molecule has 2 saturated heterocycles. The number of ether oxygens (including phenoxy) is 1. The summed E-state index contributed by atoms with van der Waals surface area (Å²) in [5, 5.41) is 0. The highest BCUT2D eigenvalue weighted by molar-refractivity contribution is 5.89. The maximum absolute atomic E-state index is 12.6. The Balaban J connectivity index is 1.55. The highest BCUT2D eigenvalue weighted by Crippen LogP contribution is 2.41. The lowest BCUT2D eigenvalue weighted by atomic mass is 9.83. The molecule has 2 bridgehead atoms. The van der Waals surface area contributed by atoms with Gasteiger partial charge in [-0.3, -0.25) is 4.90 Å². The Morgan fingerprint density at radius 2 is 1.72 bits per heavy atom. The standard InChI is InChI=1S/C22H25NO2/c1-23-18-12-13-20(23)19(14-16-8-4-2-5-9-16)21(15-18)25-22(24)17-10-6-3-7-11-17/h2-11,18-21H,12-15H2,1H3/t18-,19+,20+,21+/m0/s1. The van der Waals surface area contributed by atoms with Crippen LogP contribution in [0.15, 0.2) is 60.7 Å². The number of hydrogen-bond donors (Lipinski definition) is 0. The first-order valence-corrected chi connectivity index (χ1v) is 9.24. The smallest absolute Gasteiger partial charge is 0.338 e. The van der Waals surface area contributed by atoms with Crippen molar-refractivity contribution in [2.24, 2.45) is 5.92 Å². The quantitative estimate of drug-likeness (QED) is 0.793. The van der Waals surface area contributed by atoms with Crippen LogP contribution in [0, 0.1) is 5.92 Å². The second kappa shape index (κ2) is 7.01. The molecule has 0 unspecified atom stereocenters. The fraction of sp³-hybridized carbons (Fsp3) is 0.409. The summed E-state index contributed by atoms with van der Waals surface area (Å²) in [7, 11) is 2.23. The number of benzene rings is 2. The number of carbonyl (C=O) groups excluding carboxylic acids is 1. The molecule has 2 aliphatic heterocycles. The zero-order valence-electron chi connectivity index (χ0n) is 14.7. The average Bonchev–Trinajstić information content (AvgIpc) is 2.90. The predicted molar refractivity (Wildman–Crippen MR) is 98.5 cm³/mol. The Hall–Kier alpha value is -2.13. The molecule has 4 rings (SSSR count). The first-order valence-electron chi connectivity index (χ1n) is 9.24. The molecule has 3 nitrogen and oxygen atoms in total. The van der Waals surface area contributed by atoms with E-state index < -0.39 is 0 Å². The van der Waals surface area contributed by atoms with Gasteiger partial charge in [-0.15, -0.1) is 0 Å². The van der Waals surface area contributed by atoms with Gasteiger partial charge in [0.2, 0.25) is 0 Å². The van der Waals surface area contributed by atoms with E-state index in [0.717, 1.165) is 12.8 Å². The van der Waals surface area contributed by atoms with Crippen LogP contribution < -0.4 is 0 Å². The normalized spacial score (nSPS) is 28.7. The Morgan fingerprint density at radius 1 is 1.04 bits per heavy atom. The summed E-state index contributed by atoms with van der Waals surface area (Å²) in [5.74, 6) is 0.173. The van der Waals surface area contributed by atoms with E-state index in [-0.39, 0.29) is 12.1 Å². The van der Waals surface area contributed by atoms with Gasteiger partial charge in [0.15, 0.2) is 0 Å². The van der Waals surface area contributed by atoms with E-state index in [1.54, 1.807) is 0 Å². The molecule has 0 amide bonds. The zero-order chi connectivity index (χ0) is 17.2. The molecule has 3 heteroatoms. The predicted octanol–water partition coefficient (Wildman–Crippen LogP) is 3.94. The van der Waals surface area contributed by atoms with Crippen molar-refractivity contribution in [3.05, 3.63) is 71.8 Å². The van der Waals surface area contributed by atoms with E-state index in [1.165, 1.54) is 18.4 Å². The Kier molecular flexibility index (Phi) is 4.58. The molecule has 0 aliphatic carbocycles.